The van der Waals surface area contributed by atoms with E-state index in [-0.39, 0.29) is 5.56 Å². The van der Waals surface area contributed by atoms with E-state index in [9.17, 15) is 4.79 Å². The quantitative estimate of drug-likeness (QED) is 0.907. The molecule has 4 heteroatoms. The Hall–Kier alpha value is -2.49. The molecule has 4 nitrogen and oxygen atoms in total. The SMILES string of the molecule is COc1ccc(C(=O)O)cc1OCc1ccccc1C. The first-order valence-corrected chi connectivity index (χ1v) is 6.20. The second-order valence-electron chi connectivity index (χ2n) is 4.39. The fraction of sp³-hybridized carbons (Fsp3) is 0.188. The summed E-state index contributed by atoms with van der Waals surface area (Å²) in [5.41, 5.74) is 2.35. The molecule has 0 bridgehead atoms. The third-order valence-electron chi connectivity index (χ3n) is 3.06. The average molecular weight is 272 g/mol. The van der Waals surface area contributed by atoms with Gasteiger partial charge in [-0.2, -0.15) is 0 Å². The van der Waals surface area contributed by atoms with Crippen LogP contribution in [0.2, 0.25) is 0 Å². The highest BCUT2D eigenvalue weighted by Gasteiger charge is 2.10. The normalized spacial score (nSPS) is 10.1. The molecule has 0 saturated heterocycles. The van der Waals surface area contributed by atoms with E-state index in [1.54, 1.807) is 6.07 Å². The molecule has 0 saturated carbocycles. The summed E-state index contributed by atoms with van der Waals surface area (Å²) in [7, 11) is 1.52. The van der Waals surface area contributed by atoms with Crippen LogP contribution in [0.5, 0.6) is 11.5 Å². The summed E-state index contributed by atoms with van der Waals surface area (Å²) in [5, 5.41) is 9.01. The lowest BCUT2D eigenvalue weighted by molar-refractivity contribution is 0.0696. The topological polar surface area (TPSA) is 55.8 Å². The average Bonchev–Trinajstić information content (AvgIpc) is 2.46. The zero-order chi connectivity index (χ0) is 14.5. The first-order chi connectivity index (χ1) is 9.61. The Morgan fingerprint density at radius 3 is 2.55 bits per heavy atom. The van der Waals surface area contributed by atoms with Crippen molar-refractivity contribution in [2.75, 3.05) is 7.11 Å². The Balaban J connectivity index is 2.22. The molecule has 0 heterocycles. The molecule has 20 heavy (non-hydrogen) atoms. The molecule has 0 radical (unpaired) electrons. The Bertz CT molecular complexity index is 620. The molecule has 0 fully saturated rings. The van der Waals surface area contributed by atoms with Crippen LogP contribution in [0.15, 0.2) is 42.5 Å². The third-order valence-corrected chi connectivity index (χ3v) is 3.06. The summed E-state index contributed by atoms with van der Waals surface area (Å²) in [4.78, 5) is 11.0. The number of aromatic carboxylic acids is 1. The number of aryl methyl sites for hydroxylation is 1. The van der Waals surface area contributed by atoms with Gasteiger partial charge in [-0.25, -0.2) is 4.79 Å². The number of carbonyl (C=O) groups is 1. The molecule has 104 valence electrons. The van der Waals surface area contributed by atoms with E-state index in [0.29, 0.717) is 18.1 Å². The van der Waals surface area contributed by atoms with Crippen LogP contribution in [0.25, 0.3) is 0 Å². The van der Waals surface area contributed by atoms with E-state index >= 15 is 0 Å². The van der Waals surface area contributed by atoms with Gasteiger partial charge in [-0.15, -0.1) is 0 Å². The zero-order valence-electron chi connectivity index (χ0n) is 11.4. The van der Waals surface area contributed by atoms with Gasteiger partial charge in [0.2, 0.25) is 0 Å². The molecule has 1 N–H and O–H groups in total. The third kappa shape index (κ3) is 3.09. The predicted octanol–water partition coefficient (Wildman–Crippen LogP) is 3.28. The summed E-state index contributed by atoms with van der Waals surface area (Å²) in [6, 6.07) is 12.4. The van der Waals surface area contributed by atoms with Crippen molar-refractivity contribution in [3.05, 3.63) is 59.2 Å². The highest BCUT2D eigenvalue weighted by molar-refractivity contribution is 5.88. The van der Waals surface area contributed by atoms with Gasteiger partial charge in [0.15, 0.2) is 11.5 Å². The van der Waals surface area contributed by atoms with Crippen molar-refractivity contribution in [3.63, 3.8) is 0 Å². The minimum Gasteiger partial charge on any atom is -0.493 e. The number of rotatable bonds is 5. The maximum Gasteiger partial charge on any atom is 0.335 e. The van der Waals surface area contributed by atoms with Gasteiger partial charge in [-0.3, -0.25) is 0 Å². The molecule has 0 aliphatic carbocycles. The standard InChI is InChI=1S/C16H16O4/c1-11-5-3-4-6-13(11)10-20-15-9-12(16(17)18)7-8-14(15)19-2/h3-9H,10H2,1-2H3,(H,17,18). The van der Waals surface area contributed by atoms with Crippen molar-refractivity contribution in [1.29, 1.82) is 0 Å². The molecule has 0 amide bonds. The van der Waals surface area contributed by atoms with Crippen LogP contribution < -0.4 is 9.47 Å². The van der Waals surface area contributed by atoms with Gasteiger partial charge >= 0.3 is 5.97 Å². The van der Waals surface area contributed by atoms with Crippen molar-refractivity contribution >= 4 is 5.97 Å². The Kier molecular flexibility index (Phi) is 4.25. The van der Waals surface area contributed by atoms with Crippen LogP contribution in [0.1, 0.15) is 21.5 Å². The molecule has 0 unspecified atom stereocenters. The highest BCUT2D eigenvalue weighted by atomic mass is 16.5. The number of methoxy groups -OCH3 is 1. The fourth-order valence-electron chi connectivity index (χ4n) is 1.85. The first-order valence-electron chi connectivity index (χ1n) is 6.20. The van der Waals surface area contributed by atoms with Gasteiger partial charge in [0.05, 0.1) is 12.7 Å². The second kappa shape index (κ2) is 6.10. The Labute approximate surface area is 117 Å². The number of ether oxygens (including phenoxy) is 2. The molecule has 2 aromatic rings. The van der Waals surface area contributed by atoms with Crippen LogP contribution >= 0.6 is 0 Å². The maximum absolute atomic E-state index is 11.0. The van der Waals surface area contributed by atoms with Crippen LogP contribution in [-0.4, -0.2) is 18.2 Å². The Morgan fingerprint density at radius 1 is 1.15 bits per heavy atom. The van der Waals surface area contributed by atoms with Gasteiger partial charge in [-0.1, -0.05) is 24.3 Å². The molecular formula is C16H16O4. The Morgan fingerprint density at radius 2 is 1.90 bits per heavy atom. The number of carboxylic acid groups (broad SMARTS) is 1. The minimum atomic E-state index is -0.992. The van der Waals surface area contributed by atoms with Crippen molar-refractivity contribution in [1.82, 2.24) is 0 Å². The van der Waals surface area contributed by atoms with Crippen molar-refractivity contribution in [2.24, 2.45) is 0 Å². The van der Waals surface area contributed by atoms with Gasteiger partial charge < -0.3 is 14.6 Å². The number of hydrogen-bond donors (Lipinski definition) is 1. The maximum atomic E-state index is 11.0. The van der Waals surface area contributed by atoms with Gasteiger partial charge in [-0.05, 0) is 36.2 Å². The van der Waals surface area contributed by atoms with E-state index in [4.69, 9.17) is 14.6 Å². The zero-order valence-corrected chi connectivity index (χ0v) is 11.4. The second-order valence-corrected chi connectivity index (χ2v) is 4.39. The monoisotopic (exact) mass is 272 g/mol. The van der Waals surface area contributed by atoms with Crippen LogP contribution in [-0.2, 0) is 6.61 Å². The molecule has 0 spiro atoms. The smallest absolute Gasteiger partial charge is 0.335 e. The number of hydrogen-bond acceptors (Lipinski definition) is 3. The fourth-order valence-corrected chi connectivity index (χ4v) is 1.85. The summed E-state index contributed by atoms with van der Waals surface area (Å²) in [6.07, 6.45) is 0. The van der Waals surface area contributed by atoms with Crippen LogP contribution in [0.4, 0.5) is 0 Å². The largest absolute Gasteiger partial charge is 0.493 e. The summed E-state index contributed by atoms with van der Waals surface area (Å²) < 4.78 is 10.9. The van der Waals surface area contributed by atoms with Crippen molar-refractivity contribution in [2.45, 2.75) is 13.5 Å². The molecule has 0 aliphatic heterocycles. The van der Waals surface area contributed by atoms with E-state index in [0.717, 1.165) is 11.1 Å². The molecule has 0 aliphatic rings. The lowest BCUT2D eigenvalue weighted by atomic mass is 10.1. The van der Waals surface area contributed by atoms with E-state index in [1.807, 2.05) is 31.2 Å². The molecule has 0 aromatic heterocycles. The van der Waals surface area contributed by atoms with Gasteiger partial charge in [0.25, 0.3) is 0 Å². The summed E-state index contributed by atoms with van der Waals surface area (Å²) >= 11 is 0. The predicted molar refractivity (Wildman–Crippen MR) is 75.5 cm³/mol. The van der Waals surface area contributed by atoms with Crippen molar-refractivity contribution < 1.29 is 19.4 Å². The van der Waals surface area contributed by atoms with Crippen LogP contribution in [0, 0.1) is 6.92 Å². The van der Waals surface area contributed by atoms with Gasteiger partial charge in [0.1, 0.15) is 6.61 Å². The molecular weight excluding hydrogens is 256 g/mol. The lowest BCUT2D eigenvalue weighted by Crippen LogP contribution is -2.02. The first kappa shape index (κ1) is 13.9. The lowest BCUT2D eigenvalue weighted by Gasteiger charge is -2.12. The van der Waals surface area contributed by atoms with E-state index in [1.165, 1.54) is 19.2 Å². The molecule has 0 atom stereocenters. The van der Waals surface area contributed by atoms with E-state index in [2.05, 4.69) is 0 Å². The highest BCUT2D eigenvalue weighted by Crippen LogP contribution is 2.29. The molecule has 2 rings (SSSR count). The van der Waals surface area contributed by atoms with Gasteiger partial charge in [0, 0.05) is 0 Å². The molecule has 2 aromatic carbocycles. The van der Waals surface area contributed by atoms with E-state index < -0.39 is 5.97 Å². The van der Waals surface area contributed by atoms with Crippen molar-refractivity contribution in [3.8, 4) is 11.5 Å². The number of benzene rings is 2. The summed E-state index contributed by atoms with van der Waals surface area (Å²) in [5.74, 6) is -0.0485. The summed E-state index contributed by atoms with van der Waals surface area (Å²) in [6.45, 7) is 2.37. The van der Waals surface area contributed by atoms with Crippen LogP contribution in [0.3, 0.4) is 0 Å². The number of carboxylic acids is 1. The minimum absolute atomic E-state index is 0.172.